The minimum Gasteiger partial charge on any atom is -0.507 e. The number of hydrogen-bond donors (Lipinski definition) is 3. The Morgan fingerprint density at radius 1 is 1.39 bits per heavy atom. The fourth-order valence-electron chi connectivity index (χ4n) is 2.09. The van der Waals surface area contributed by atoms with E-state index in [0.29, 0.717) is 23.5 Å². The monoisotopic (exact) mass is 315 g/mol. The van der Waals surface area contributed by atoms with Crippen LogP contribution in [0.15, 0.2) is 22.7 Å². The van der Waals surface area contributed by atoms with Crippen LogP contribution in [0.1, 0.15) is 32.8 Å². The van der Waals surface area contributed by atoms with Crippen LogP contribution in [0.4, 0.5) is 0 Å². The third kappa shape index (κ3) is 5.38. The summed E-state index contributed by atoms with van der Waals surface area (Å²) in [5, 5.41) is 22.8. The second kappa shape index (κ2) is 6.55. The van der Waals surface area contributed by atoms with Crippen LogP contribution in [0, 0.1) is 5.92 Å². The normalized spacial score (nSPS) is 14.8. The topological polar surface area (TPSA) is 52.5 Å². The first-order valence-electron chi connectivity index (χ1n) is 6.20. The molecule has 1 aromatic carbocycles. The van der Waals surface area contributed by atoms with E-state index in [1.807, 2.05) is 19.1 Å². The minimum absolute atomic E-state index is 0.241. The maximum atomic E-state index is 10.1. The van der Waals surface area contributed by atoms with Gasteiger partial charge in [0.05, 0.1) is 10.1 Å². The van der Waals surface area contributed by atoms with E-state index >= 15 is 0 Å². The number of phenolic OH excluding ortho intramolecular Hbond substituents is 1. The molecule has 0 saturated heterocycles. The standard InChI is InChI=1S/C14H22BrNO2/c1-10(2)7-14(3,18)9-16-8-11-4-5-13(17)12(15)6-11/h4-6,10,16-18H,7-9H2,1-3H3. The predicted molar refractivity (Wildman–Crippen MR) is 77.6 cm³/mol. The van der Waals surface area contributed by atoms with Gasteiger partial charge >= 0.3 is 0 Å². The lowest BCUT2D eigenvalue weighted by Gasteiger charge is -2.25. The van der Waals surface area contributed by atoms with Crippen molar-refractivity contribution >= 4 is 15.9 Å². The molecule has 3 N–H and O–H groups in total. The van der Waals surface area contributed by atoms with E-state index in [1.54, 1.807) is 6.07 Å². The van der Waals surface area contributed by atoms with Gasteiger partial charge < -0.3 is 15.5 Å². The molecule has 0 aliphatic heterocycles. The number of phenols is 1. The van der Waals surface area contributed by atoms with Gasteiger partial charge in [0.25, 0.3) is 0 Å². The summed E-state index contributed by atoms with van der Waals surface area (Å²) in [6, 6.07) is 5.40. The van der Waals surface area contributed by atoms with Gasteiger partial charge in [0.1, 0.15) is 5.75 Å². The lowest BCUT2D eigenvalue weighted by Crippen LogP contribution is -2.38. The number of rotatable bonds is 6. The summed E-state index contributed by atoms with van der Waals surface area (Å²) in [7, 11) is 0. The van der Waals surface area contributed by atoms with Crippen LogP contribution in [0.2, 0.25) is 0 Å². The van der Waals surface area contributed by atoms with Gasteiger partial charge in [0, 0.05) is 13.1 Å². The van der Waals surface area contributed by atoms with Crippen molar-refractivity contribution in [2.45, 2.75) is 39.3 Å². The first kappa shape index (κ1) is 15.5. The van der Waals surface area contributed by atoms with Crippen LogP contribution in [0.25, 0.3) is 0 Å². The number of hydrogen-bond acceptors (Lipinski definition) is 3. The molecule has 0 heterocycles. The summed E-state index contributed by atoms with van der Waals surface area (Å²) in [6.07, 6.45) is 0.777. The molecule has 0 bridgehead atoms. The molecule has 0 spiro atoms. The molecule has 0 aromatic heterocycles. The molecule has 0 amide bonds. The van der Waals surface area contributed by atoms with Gasteiger partial charge in [-0.1, -0.05) is 19.9 Å². The van der Waals surface area contributed by atoms with Gasteiger partial charge in [-0.25, -0.2) is 0 Å². The van der Waals surface area contributed by atoms with Crippen LogP contribution in [0.5, 0.6) is 5.75 Å². The lowest BCUT2D eigenvalue weighted by molar-refractivity contribution is 0.0383. The summed E-state index contributed by atoms with van der Waals surface area (Å²) >= 11 is 3.28. The zero-order chi connectivity index (χ0) is 13.8. The second-order valence-corrected chi connectivity index (χ2v) is 6.34. The van der Waals surface area contributed by atoms with Gasteiger partial charge in [-0.05, 0) is 52.9 Å². The first-order chi connectivity index (χ1) is 8.30. The third-order valence-corrected chi connectivity index (χ3v) is 3.33. The highest BCUT2D eigenvalue weighted by molar-refractivity contribution is 9.10. The van der Waals surface area contributed by atoms with Crippen LogP contribution in [-0.4, -0.2) is 22.4 Å². The van der Waals surface area contributed by atoms with Crippen molar-refractivity contribution in [2.24, 2.45) is 5.92 Å². The van der Waals surface area contributed by atoms with Gasteiger partial charge in [-0.3, -0.25) is 0 Å². The minimum atomic E-state index is -0.678. The second-order valence-electron chi connectivity index (χ2n) is 5.48. The smallest absolute Gasteiger partial charge is 0.129 e. The van der Waals surface area contributed by atoms with Crippen LogP contribution < -0.4 is 5.32 Å². The molecular weight excluding hydrogens is 294 g/mol. The first-order valence-corrected chi connectivity index (χ1v) is 7.00. The number of benzene rings is 1. The molecule has 0 aliphatic carbocycles. The molecule has 1 unspecified atom stereocenters. The van der Waals surface area contributed by atoms with Gasteiger partial charge in [-0.2, -0.15) is 0 Å². The van der Waals surface area contributed by atoms with Crippen molar-refractivity contribution in [2.75, 3.05) is 6.54 Å². The van der Waals surface area contributed by atoms with E-state index in [-0.39, 0.29) is 5.75 Å². The highest BCUT2D eigenvalue weighted by Crippen LogP contribution is 2.24. The predicted octanol–water partition coefficient (Wildman–Crippen LogP) is 3.04. The van der Waals surface area contributed by atoms with E-state index in [9.17, 15) is 10.2 Å². The largest absolute Gasteiger partial charge is 0.507 e. The Balaban J connectivity index is 2.43. The third-order valence-electron chi connectivity index (χ3n) is 2.70. The van der Waals surface area contributed by atoms with Gasteiger partial charge in [0.15, 0.2) is 0 Å². The molecule has 1 aromatic rings. The summed E-state index contributed by atoms with van der Waals surface area (Å²) in [4.78, 5) is 0. The van der Waals surface area contributed by atoms with Gasteiger partial charge in [0.2, 0.25) is 0 Å². The average molecular weight is 316 g/mol. The van der Waals surface area contributed by atoms with Crippen molar-refractivity contribution in [3.63, 3.8) is 0 Å². The Hall–Kier alpha value is -0.580. The fraction of sp³-hybridized carbons (Fsp3) is 0.571. The Kier molecular flexibility index (Phi) is 5.63. The van der Waals surface area contributed by atoms with E-state index in [2.05, 4.69) is 35.1 Å². The number of aliphatic hydroxyl groups is 1. The maximum absolute atomic E-state index is 10.1. The van der Waals surface area contributed by atoms with Crippen molar-refractivity contribution < 1.29 is 10.2 Å². The van der Waals surface area contributed by atoms with Crippen molar-refractivity contribution in [1.82, 2.24) is 5.32 Å². The van der Waals surface area contributed by atoms with Gasteiger partial charge in [-0.15, -0.1) is 0 Å². The highest BCUT2D eigenvalue weighted by Gasteiger charge is 2.20. The SMILES string of the molecule is CC(C)CC(C)(O)CNCc1ccc(O)c(Br)c1. The van der Waals surface area contributed by atoms with E-state index in [4.69, 9.17) is 0 Å². The molecule has 3 nitrogen and oxygen atoms in total. The molecule has 102 valence electrons. The van der Waals surface area contributed by atoms with E-state index < -0.39 is 5.60 Å². The van der Waals surface area contributed by atoms with Crippen LogP contribution >= 0.6 is 15.9 Å². The summed E-state index contributed by atoms with van der Waals surface area (Å²) in [6.45, 7) is 7.29. The average Bonchev–Trinajstić information content (AvgIpc) is 2.21. The Morgan fingerprint density at radius 2 is 2.06 bits per heavy atom. The van der Waals surface area contributed by atoms with Crippen molar-refractivity contribution in [3.05, 3.63) is 28.2 Å². The lowest BCUT2D eigenvalue weighted by atomic mass is 9.94. The number of aromatic hydroxyl groups is 1. The van der Waals surface area contributed by atoms with Crippen molar-refractivity contribution in [1.29, 1.82) is 0 Å². The molecule has 1 rings (SSSR count). The molecule has 18 heavy (non-hydrogen) atoms. The van der Waals surface area contributed by atoms with E-state index in [1.165, 1.54) is 0 Å². The number of halogens is 1. The highest BCUT2D eigenvalue weighted by atomic mass is 79.9. The van der Waals surface area contributed by atoms with Crippen molar-refractivity contribution in [3.8, 4) is 5.75 Å². The Labute approximate surface area is 117 Å². The molecule has 0 fully saturated rings. The summed E-state index contributed by atoms with van der Waals surface area (Å²) < 4.78 is 0.691. The fourth-order valence-corrected chi connectivity index (χ4v) is 2.51. The van der Waals surface area contributed by atoms with E-state index in [0.717, 1.165) is 12.0 Å². The molecule has 1 atom stereocenters. The maximum Gasteiger partial charge on any atom is 0.129 e. The quantitative estimate of drug-likeness (QED) is 0.756. The molecule has 0 aliphatic rings. The molecule has 4 heteroatoms. The van der Waals surface area contributed by atoms with Crippen LogP contribution in [-0.2, 0) is 6.54 Å². The molecule has 0 saturated carbocycles. The Bertz CT molecular complexity index is 391. The zero-order valence-electron chi connectivity index (χ0n) is 11.2. The summed E-state index contributed by atoms with van der Waals surface area (Å²) in [5.74, 6) is 0.718. The Morgan fingerprint density at radius 3 is 2.61 bits per heavy atom. The molecular formula is C14H22BrNO2. The summed E-state index contributed by atoms with van der Waals surface area (Å²) in [5.41, 5.74) is 0.391. The zero-order valence-corrected chi connectivity index (χ0v) is 12.8. The molecule has 0 radical (unpaired) electrons. The number of nitrogens with one attached hydrogen (secondary N) is 1. The van der Waals surface area contributed by atoms with Crippen LogP contribution in [0.3, 0.4) is 0 Å².